The SMILES string of the molecule is Cc1nc(NCCNC(=O)c2cccs2)cc(N(C)C)n1. The van der Waals surface area contributed by atoms with Crippen LogP contribution in [0.2, 0.25) is 0 Å². The Kier molecular flexibility index (Phi) is 5.10. The van der Waals surface area contributed by atoms with Gasteiger partial charge >= 0.3 is 0 Å². The van der Waals surface area contributed by atoms with Gasteiger partial charge in [0.25, 0.3) is 5.91 Å². The predicted molar refractivity (Wildman–Crippen MR) is 86.2 cm³/mol. The molecule has 0 saturated heterocycles. The van der Waals surface area contributed by atoms with Gasteiger partial charge in [-0.05, 0) is 18.4 Å². The third kappa shape index (κ3) is 4.42. The number of carbonyl (C=O) groups is 1. The zero-order chi connectivity index (χ0) is 15.2. The Labute approximate surface area is 128 Å². The van der Waals surface area contributed by atoms with Gasteiger partial charge in [0, 0.05) is 33.3 Å². The summed E-state index contributed by atoms with van der Waals surface area (Å²) in [5.74, 6) is 2.29. The molecule has 0 aromatic carbocycles. The average Bonchev–Trinajstić information content (AvgIpc) is 2.97. The van der Waals surface area contributed by atoms with Crippen LogP contribution in [0, 0.1) is 6.92 Å². The number of nitrogens with zero attached hydrogens (tertiary/aromatic N) is 3. The molecule has 2 rings (SSSR count). The highest BCUT2D eigenvalue weighted by atomic mass is 32.1. The van der Waals surface area contributed by atoms with Gasteiger partial charge in [-0.3, -0.25) is 4.79 Å². The molecule has 7 heteroatoms. The second-order valence-corrected chi connectivity index (χ2v) is 5.66. The normalized spacial score (nSPS) is 10.2. The van der Waals surface area contributed by atoms with Crippen LogP contribution in [0.3, 0.4) is 0 Å². The molecule has 0 aliphatic rings. The molecule has 21 heavy (non-hydrogen) atoms. The first-order chi connectivity index (χ1) is 10.1. The van der Waals surface area contributed by atoms with Crippen molar-refractivity contribution in [2.24, 2.45) is 0 Å². The third-order valence-corrected chi connectivity index (χ3v) is 3.61. The van der Waals surface area contributed by atoms with Crippen molar-refractivity contribution in [2.75, 3.05) is 37.4 Å². The van der Waals surface area contributed by atoms with Crippen molar-refractivity contribution in [1.82, 2.24) is 15.3 Å². The summed E-state index contributed by atoms with van der Waals surface area (Å²) in [5, 5.41) is 7.94. The van der Waals surface area contributed by atoms with Crippen molar-refractivity contribution in [2.45, 2.75) is 6.92 Å². The number of hydrogen-bond donors (Lipinski definition) is 2. The van der Waals surface area contributed by atoms with Crippen LogP contribution >= 0.6 is 11.3 Å². The summed E-state index contributed by atoms with van der Waals surface area (Å²) in [7, 11) is 3.87. The number of anilines is 2. The number of hydrogen-bond acceptors (Lipinski definition) is 6. The van der Waals surface area contributed by atoms with Crippen LogP contribution in [-0.4, -0.2) is 43.1 Å². The zero-order valence-corrected chi connectivity index (χ0v) is 13.2. The van der Waals surface area contributed by atoms with Gasteiger partial charge in [0.1, 0.15) is 17.5 Å². The second kappa shape index (κ2) is 7.03. The summed E-state index contributed by atoms with van der Waals surface area (Å²) in [4.78, 5) is 23.1. The number of aryl methyl sites for hydroxylation is 1. The van der Waals surface area contributed by atoms with Gasteiger partial charge in [0.15, 0.2) is 0 Å². The molecular formula is C14H19N5OS. The molecule has 112 valence electrons. The van der Waals surface area contributed by atoms with Gasteiger partial charge in [-0.15, -0.1) is 11.3 Å². The fraction of sp³-hybridized carbons (Fsp3) is 0.357. The summed E-state index contributed by atoms with van der Waals surface area (Å²) in [6.45, 7) is 3.01. The lowest BCUT2D eigenvalue weighted by Gasteiger charge is -2.14. The molecule has 0 aliphatic heterocycles. The van der Waals surface area contributed by atoms with E-state index in [9.17, 15) is 4.79 Å². The quantitative estimate of drug-likeness (QED) is 0.796. The average molecular weight is 305 g/mol. The Balaban J connectivity index is 1.82. The maximum Gasteiger partial charge on any atom is 0.261 e. The van der Waals surface area contributed by atoms with E-state index in [-0.39, 0.29) is 5.91 Å². The van der Waals surface area contributed by atoms with E-state index in [1.54, 1.807) is 0 Å². The Bertz CT molecular complexity index is 597. The summed E-state index contributed by atoms with van der Waals surface area (Å²) >= 11 is 1.43. The van der Waals surface area contributed by atoms with Crippen LogP contribution in [0.4, 0.5) is 11.6 Å². The van der Waals surface area contributed by atoms with E-state index < -0.39 is 0 Å². The standard InChI is InChI=1S/C14H19N5OS/c1-10-17-12(9-13(18-10)19(2)3)15-6-7-16-14(20)11-5-4-8-21-11/h4-5,8-9H,6-7H2,1-3H3,(H,16,20)(H,15,17,18). The molecule has 0 aliphatic carbocycles. The summed E-state index contributed by atoms with van der Waals surface area (Å²) in [6.07, 6.45) is 0. The highest BCUT2D eigenvalue weighted by molar-refractivity contribution is 7.12. The maximum absolute atomic E-state index is 11.8. The minimum atomic E-state index is -0.0420. The largest absolute Gasteiger partial charge is 0.368 e. The lowest BCUT2D eigenvalue weighted by molar-refractivity contribution is 0.0959. The fourth-order valence-electron chi connectivity index (χ4n) is 1.73. The van der Waals surface area contributed by atoms with E-state index in [4.69, 9.17) is 0 Å². The Hall–Kier alpha value is -2.15. The van der Waals surface area contributed by atoms with E-state index in [0.29, 0.717) is 18.9 Å². The molecule has 0 atom stereocenters. The fourth-order valence-corrected chi connectivity index (χ4v) is 2.37. The van der Waals surface area contributed by atoms with E-state index in [2.05, 4.69) is 20.6 Å². The molecular weight excluding hydrogens is 286 g/mol. The highest BCUT2D eigenvalue weighted by Gasteiger charge is 2.06. The van der Waals surface area contributed by atoms with Gasteiger partial charge in [-0.25, -0.2) is 9.97 Å². The monoisotopic (exact) mass is 305 g/mol. The minimum absolute atomic E-state index is 0.0420. The first-order valence-electron chi connectivity index (χ1n) is 6.65. The van der Waals surface area contributed by atoms with Gasteiger partial charge in [0.2, 0.25) is 0 Å². The number of amides is 1. The Morgan fingerprint density at radius 2 is 2.14 bits per heavy atom. The number of carbonyl (C=O) groups excluding carboxylic acids is 1. The van der Waals surface area contributed by atoms with E-state index in [1.807, 2.05) is 49.5 Å². The molecule has 0 spiro atoms. The van der Waals surface area contributed by atoms with Crippen LogP contribution in [0.25, 0.3) is 0 Å². The predicted octanol–water partition coefficient (Wildman–Crippen LogP) is 1.75. The molecule has 2 N–H and O–H groups in total. The van der Waals surface area contributed by atoms with Gasteiger partial charge in [0.05, 0.1) is 4.88 Å². The molecule has 6 nitrogen and oxygen atoms in total. The molecule has 0 unspecified atom stereocenters. The Morgan fingerprint density at radius 3 is 2.81 bits per heavy atom. The van der Waals surface area contributed by atoms with E-state index in [1.165, 1.54) is 11.3 Å². The van der Waals surface area contributed by atoms with Gasteiger partial charge < -0.3 is 15.5 Å². The molecule has 2 aromatic heterocycles. The van der Waals surface area contributed by atoms with Gasteiger partial charge in [-0.1, -0.05) is 6.07 Å². The van der Waals surface area contributed by atoms with Crippen LogP contribution in [0.1, 0.15) is 15.5 Å². The number of thiophene rings is 1. The summed E-state index contributed by atoms with van der Waals surface area (Å²) < 4.78 is 0. The Morgan fingerprint density at radius 1 is 1.33 bits per heavy atom. The highest BCUT2D eigenvalue weighted by Crippen LogP contribution is 2.13. The number of aromatic nitrogens is 2. The van der Waals surface area contributed by atoms with Crippen molar-refractivity contribution >= 4 is 28.9 Å². The maximum atomic E-state index is 11.8. The van der Waals surface area contributed by atoms with Crippen LogP contribution in [0.5, 0.6) is 0 Å². The minimum Gasteiger partial charge on any atom is -0.368 e. The molecule has 2 heterocycles. The summed E-state index contributed by atoms with van der Waals surface area (Å²) in [6, 6.07) is 5.56. The van der Waals surface area contributed by atoms with Crippen molar-refractivity contribution in [3.05, 3.63) is 34.3 Å². The smallest absolute Gasteiger partial charge is 0.261 e. The first-order valence-corrected chi connectivity index (χ1v) is 7.53. The van der Waals surface area contributed by atoms with Gasteiger partial charge in [-0.2, -0.15) is 0 Å². The van der Waals surface area contributed by atoms with Crippen molar-refractivity contribution in [1.29, 1.82) is 0 Å². The second-order valence-electron chi connectivity index (χ2n) is 4.71. The van der Waals surface area contributed by atoms with Crippen molar-refractivity contribution in [3.8, 4) is 0 Å². The molecule has 0 fully saturated rings. The first kappa shape index (κ1) is 15.2. The number of nitrogens with one attached hydrogen (secondary N) is 2. The molecule has 1 amide bonds. The van der Waals surface area contributed by atoms with E-state index in [0.717, 1.165) is 16.5 Å². The molecule has 2 aromatic rings. The van der Waals surface area contributed by atoms with E-state index >= 15 is 0 Å². The van der Waals surface area contributed by atoms with Crippen molar-refractivity contribution < 1.29 is 4.79 Å². The molecule has 0 bridgehead atoms. The number of rotatable bonds is 6. The lowest BCUT2D eigenvalue weighted by Crippen LogP contribution is -2.28. The lowest BCUT2D eigenvalue weighted by atomic mass is 10.4. The zero-order valence-electron chi connectivity index (χ0n) is 12.4. The topological polar surface area (TPSA) is 70.2 Å². The van der Waals surface area contributed by atoms with Crippen LogP contribution < -0.4 is 15.5 Å². The summed E-state index contributed by atoms with van der Waals surface area (Å²) in [5.41, 5.74) is 0. The molecule has 0 saturated carbocycles. The van der Waals surface area contributed by atoms with Crippen LogP contribution in [0.15, 0.2) is 23.6 Å². The third-order valence-electron chi connectivity index (χ3n) is 2.74. The molecule has 0 radical (unpaired) electrons. The van der Waals surface area contributed by atoms with Crippen LogP contribution in [-0.2, 0) is 0 Å². The van der Waals surface area contributed by atoms with Crippen molar-refractivity contribution in [3.63, 3.8) is 0 Å².